The van der Waals surface area contributed by atoms with E-state index < -0.39 is 5.60 Å². The summed E-state index contributed by atoms with van der Waals surface area (Å²) in [7, 11) is 0. The molecule has 0 saturated heterocycles. The summed E-state index contributed by atoms with van der Waals surface area (Å²) in [6.07, 6.45) is -0.376. The third-order valence-electron chi connectivity index (χ3n) is 3.35. The largest absolute Gasteiger partial charge is 0.444 e. The fourth-order valence-electron chi connectivity index (χ4n) is 2.22. The Hall–Kier alpha value is -1.26. The van der Waals surface area contributed by atoms with Crippen molar-refractivity contribution in [2.75, 3.05) is 19.6 Å². The summed E-state index contributed by atoms with van der Waals surface area (Å²) < 4.78 is 5.23. The van der Waals surface area contributed by atoms with E-state index in [-0.39, 0.29) is 12.1 Å². The van der Waals surface area contributed by atoms with Gasteiger partial charge in [0.05, 0.1) is 0 Å². The molecule has 4 nitrogen and oxygen atoms in total. The first kappa shape index (κ1) is 18.8. The van der Waals surface area contributed by atoms with Crippen LogP contribution in [0.25, 0.3) is 0 Å². The van der Waals surface area contributed by atoms with Gasteiger partial charge in [0, 0.05) is 24.2 Å². The fraction of sp³-hybridized carbons (Fsp3) is 0.588. The molecule has 0 heterocycles. The number of hydrogen-bond acceptors (Lipinski definition) is 3. The lowest BCUT2D eigenvalue weighted by atomic mass is 10.1. The second kappa shape index (κ2) is 8.39. The van der Waals surface area contributed by atoms with E-state index in [0.717, 1.165) is 18.1 Å². The maximum absolute atomic E-state index is 11.6. The highest BCUT2D eigenvalue weighted by Crippen LogP contribution is 2.22. The quantitative estimate of drug-likeness (QED) is 0.849. The summed E-state index contributed by atoms with van der Waals surface area (Å²) >= 11 is 6.05. The van der Waals surface area contributed by atoms with Gasteiger partial charge in [-0.1, -0.05) is 30.7 Å². The molecule has 0 aliphatic carbocycles. The molecule has 0 radical (unpaired) electrons. The third kappa shape index (κ3) is 6.67. The van der Waals surface area contributed by atoms with E-state index >= 15 is 0 Å². The summed E-state index contributed by atoms with van der Waals surface area (Å²) in [5, 5.41) is 3.54. The van der Waals surface area contributed by atoms with Crippen LogP contribution in [0.3, 0.4) is 0 Å². The van der Waals surface area contributed by atoms with E-state index in [1.54, 1.807) is 0 Å². The van der Waals surface area contributed by atoms with E-state index in [9.17, 15) is 4.79 Å². The van der Waals surface area contributed by atoms with Gasteiger partial charge in [0.2, 0.25) is 0 Å². The molecule has 5 heteroatoms. The number of halogens is 1. The van der Waals surface area contributed by atoms with Crippen LogP contribution < -0.4 is 5.32 Å². The Bertz CT molecular complexity index is 486. The molecule has 1 aromatic rings. The van der Waals surface area contributed by atoms with E-state index in [0.29, 0.717) is 6.54 Å². The Labute approximate surface area is 138 Å². The summed E-state index contributed by atoms with van der Waals surface area (Å²) in [4.78, 5) is 13.9. The van der Waals surface area contributed by atoms with Crippen LogP contribution in [-0.4, -0.2) is 36.2 Å². The van der Waals surface area contributed by atoms with Crippen LogP contribution in [0.1, 0.15) is 46.2 Å². The van der Waals surface area contributed by atoms with Crippen molar-refractivity contribution in [1.82, 2.24) is 10.2 Å². The normalized spacial score (nSPS) is 13.0. The highest BCUT2D eigenvalue weighted by Gasteiger charge is 2.17. The molecule has 22 heavy (non-hydrogen) atoms. The number of likely N-dealkylation sites (N-methyl/N-ethyl adjacent to an activating group) is 1. The minimum atomic E-state index is -0.470. The first-order valence-corrected chi connectivity index (χ1v) is 8.07. The van der Waals surface area contributed by atoms with Crippen LogP contribution in [-0.2, 0) is 4.74 Å². The second-order valence-corrected chi connectivity index (χ2v) is 6.72. The fourth-order valence-corrected chi connectivity index (χ4v) is 2.42. The van der Waals surface area contributed by atoms with Crippen molar-refractivity contribution < 1.29 is 9.53 Å². The minimum absolute atomic E-state index is 0.240. The predicted molar refractivity (Wildman–Crippen MR) is 91.4 cm³/mol. The number of amides is 1. The van der Waals surface area contributed by atoms with Gasteiger partial charge in [-0.15, -0.1) is 0 Å². The van der Waals surface area contributed by atoms with E-state index in [4.69, 9.17) is 16.3 Å². The first-order chi connectivity index (χ1) is 10.2. The van der Waals surface area contributed by atoms with Gasteiger partial charge in [-0.3, -0.25) is 4.90 Å². The average molecular weight is 327 g/mol. The number of rotatable bonds is 6. The molecule has 0 bridgehead atoms. The number of alkyl carbamates (subject to hydrolysis) is 1. The number of nitrogens with one attached hydrogen (secondary N) is 1. The average Bonchev–Trinajstić information content (AvgIpc) is 2.41. The van der Waals surface area contributed by atoms with Crippen molar-refractivity contribution >= 4 is 17.7 Å². The van der Waals surface area contributed by atoms with Gasteiger partial charge < -0.3 is 10.1 Å². The Kier molecular flexibility index (Phi) is 7.17. The molecule has 0 spiro atoms. The first-order valence-electron chi connectivity index (χ1n) is 7.69. The molecular formula is C17H27ClN2O2. The Balaban J connectivity index is 2.50. The zero-order valence-electron chi connectivity index (χ0n) is 14.1. The maximum Gasteiger partial charge on any atom is 0.407 e. The standard InChI is InChI=1S/C17H27ClN2O2/c1-6-20(11-10-19-16(21)22-17(3,4)5)13(2)14-8-7-9-15(18)12-14/h7-9,12-13H,6,10-11H2,1-5H3,(H,19,21)/t13-/m1/s1. The molecule has 0 fully saturated rings. The lowest BCUT2D eigenvalue weighted by Gasteiger charge is -2.28. The van der Waals surface area contributed by atoms with Crippen molar-refractivity contribution in [3.8, 4) is 0 Å². The SMILES string of the molecule is CCN(CCNC(=O)OC(C)(C)C)[C@H](C)c1cccc(Cl)c1. The molecule has 1 atom stereocenters. The number of nitrogens with zero attached hydrogens (tertiary/aromatic N) is 1. The number of carbonyl (C=O) groups is 1. The van der Waals surface area contributed by atoms with Crippen LogP contribution >= 0.6 is 11.6 Å². The second-order valence-electron chi connectivity index (χ2n) is 6.29. The van der Waals surface area contributed by atoms with Crippen LogP contribution in [0, 0.1) is 0 Å². The van der Waals surface area contributed by atoms with Gasteiger partial charge in [0.15, 0.2) is 0 Å². The lowest BCUT2D eigenvalue weighted by molar-refractivity contribution is 0.0519. The van der Waals surface area contributed by atoms with Crippen LogP contribution in [0.2, 0.25) is 5.02 Å². The monoisotopic (exact) mass is 326 g/mol. The Morgan fingerprint density at radius 2 is 2.09 bits per heavy atom. The van der Waals surface area contributed by atoms with Gasteiger partial charge in [-0.2, -0.15) is 0 Å². The molecular weight excluding hydrogens is 300 g/mol. The van der Waals surface area contributed by atoms with Crippen molar-refractivity contribution in [3.63, 3.8) is 0 Å². The van der Waals surface area contributed by atoms with Gasteiger partial charge >= 0.3 is 6.09 Å². The molecule has 0 aliphatic rings. The molecule has 0 unspecified atom stereocenters. The van der Waals surface area contributed by atoms with Crippen molar-refractivity contribution in [2.24, 2.45) is 0 Å². The topological polar surface area (TPSA) is 41.6 Å². The van der Waals surface area contributed by atoms with Crippen molar-refractivity contribution in [3.05, 3.63) is 34.9 Å². The van der Waals surface area contributed by atoms with Gasteiger partial charge in [-0.05, 0) is 51.9 Å². The third-order valence-corrected chi connectivity index (χ3v) is 3.59. The van der Waals surface area contributed by atoms with E-state index in [1.165, 1.54) is 5.56 Å². The minimum Gasteiger partial charge on any atom is -0.444 e. The van der Waals surface area contributed by atoms with Crippen LogP contribution in [0.5, 0.6) is 0 Å². The Morgan fingerprint density at radius 1 is 1.41 bits per heavy atom. The smallest absolute Gasteiger partial charge is 0.407 e. The zero-order chi connectivity index (χ0) is 16.8. The highest BCUT2D eigenvalue weighted by molar-refractivity contribution is 6.30. The lowest BCUT2D eigenvalue weighted by Crippen LogP contribution is -2.38. The molecule has 0 aliphatic heterocycles. The molecule has 124 valence electrons. The summed E-state index contributed by atoms with van der Waals surface area (Å²) in [5.41, 5.74) is 0.703. The van der Waals surface area contributed by atoms with Crippen LogP contribution in [0.4, 0.5) is 4.79 Å². The summed E-state index contributed by atoms with van der Waals surface area (Å²) in [5.74, 6) is 0. The number of ether oxygens (including phenoxy) is 1. The van der Waals surface area contributed by atoms with E-state index in [1.807, 2.05) is 39.0 Å². The maximum atomic E-state index is 11.6. The van der Waals surface area contributed by atoms with Crippen molar-refractivity contribution in [1.29, 1.82) is 0 Å². The highest BCUT2D eigenvalue weighted by atomic mass is 35.5. The van der Waals surface area contributed by atoms with Gasteiger partial charge in [0.25, 0.3) is 0 Å². The number of benzene rings is 1. The zero-order valence-corrected chi connectivity index (χ0v) is 14.9. The molecule has 0 saturated carbocycles. The Morgan fingerprint density at radius 3 is 2.64 bits per heavy atom. The molecule has 1 amide bonds. The molecule has 1 rings (SSSR count). The van der Waals surface area contributed by atoms with Gasteiger partial charge in [-0.25, -0.2) is 4.79 Å². The van der Waals surface area contributed by atoms with Crippen LogP contribution in [0.15, 0.2) is 24.3 Å². The predicted octanol–water partition coefficient (Wildman–Crippen LogP) is 4.25. The summed E-state index contributed by atoms with van der Waals surface area (Å²) in [6, 6.07) is 8.12. The molecule has 0 aromatic heterocycles. The van der Waals surface area contributed by atoms with Gasteiger partial charge in [0.1, 0.15) is 5.60 Å². The molecule has 1 N–H and O–H groups in total. The number of carbonyl (C=O) groups excluding carboxylic acids is 1. The number of hydrogen-bond donors (Lipinski definition) is 1. The summed E-state index contributed by atoms with van der Waals surface area (Å²) in [6.45, 7) is 12.0. The molecule has 1 aromatic carbocycles. The van der Waals surface area contributed by atoms with Crippen molar-refractivity contribution in [2.45, 2.75) is 46.3 Å². The van der Waals surface area contributed by atoms with E-state index in [2.05, 4.69) is 30.1 Å².